The van der Waals surface area contributed by atoms with Gasteiger partial charge in [0.25, 0.3) is 0 Å². The van der Waals surface area contributed by atoms with Crippen molar-refractivity contribution < 1.29 is 19.4 Å². The quantitative estimate of drug-likeness (QED) is 0.838. The molecule has 0 saturated carbocycles. The Morgan fingerprint density at radius 2 is 1.91 bits per heavy atom. The number of benzene rings is 1. The lowest BCUT2D eigenvalue weighted by atomic mass is 9.92. The molecule has 6 heteroatoms. The molecule has 22 heavy (non-hydrogen) atoms. The number of hydrogen-bond donors (Lipinski definition) is 2. The lowest BCUT2D eigenvalue weighted by molar-refractivity contribution is -0.148. The molecule has 5 nitrogen and oxygen atoms in total. The Kier molecular flexibility index (Phi) is 5.71. The first-order chi connectivity index (χ1) is 10.6. The smallest absolute Gasteiger partial charge is 0.329 e. The van der Waals surface area contributed by atoms with E-state index in [0.717, 1.165) is 22.8 Å². The molecule has 0 bridgehead atoms. The van der Waals surface area contributed by atoms with Crippen molar-refractivity contribution in [2.45, 2.75) is 31.7 Å². The molecule has 0 spiro atoms. The largest absolute Gasteiger partial charge is 0.494 e. The zero-order chi connectivity index (χ0) is 16.0. The molecule has 1 aromatic carbocycles. The highest BCUT2D eigenvalue weighted by Gasteiger charge is 2.41. The third kappa shape index (κ3) is 4.16. The molecule has 1 aliphatic rings. The van der Waals surface area contributed by atoms with Crippen LogP contribution in [0.4, 0.5) is 0 Å². The summed E-state index contributed by atoms with van der Waals surface area (Å²) in [4.78, 5) is 23.7. The molecule has 1 aromatic rings. The van der Waals surface area contributed by atoms with E-state index in [2.05, 4.69) is 5.32 Å². The molecule has 1 aliphatic heterocycles. The van der Waals surface area contributed by atoms with Gasteiger partial charge in [-0.25, -0.2) is 4.79 Å². The number of amides is 1. The summed E-state index contributed by atoms with van der Waals surface area (Å²) in [5.41, 5.74) is -0.264. The number of rotatable bonds is 6. The van der Waals surface area contributed by atoms with Gasteiger partial charge in [0, 0.05) is 0 Å². The van der Waals surface area contributed by atoms with E-state index in [0.29, 0.717) is 19.4 Å². The zero-order valence-electron chi connectivity index (χ0n) is 12.6. The van der Waals surface area contributed by atoms with Gasteiger partial charge >= 0.3 is 5.97 Å². The van der Waals surface area contributed by atoms with Crippen LogP contribution in [-0.4, -0.2) is 40.6 Å². The van der Waals surface area contributed by atoms with Gasteiger partial charge in [0.1, 0.15) is 11.3 Å². The second-order valence-electron chi connectivity index (χ2n) is 5.30. The van der Waals surface area contributed by atoms with Crippen LogP contribution < -0.4 is 10.1 Å². The molecule has 1 saturated heterocycles. The van der Waals surface area contributed by atoms with Gasteiger partial charge in [0.2, 0.25) is 5.91 Å². The summed E-state index contributed by atoms with van der Waals surface area (Å²) >= 11 is 1.72. The van der Waals surface area contributed by atoms with Crippen molar-refractivity contribution >= 4 is 23.6 Å². The number of carbonyl (C=O) groups excluding carboxylic acids is 1. The standard InChI is InChI=1S/C16H21NO4S/c1-2-21-13-5-3-12(4-6-13)11-14(18)17-16(15(19)20)7-9-22-10-8-16/h3-6H,2,7-11H2,1H3,(H,17,18)(H,19,20). The van der Waals surface area contributed by atoms with Crippen LogP contribution in [0.1, 0.15) is 25.3 Å². The van der Waals surface area contributed by atoms with Gasteiger partial charge < -0.3 is 15.2 Å². The van der Waals surface area contributed by atoms with E-state index in [1.807, 2.05) is 31.2 Å². The van der Waals surface area contributed by atoms with Crippen molar-refractivity contribution in [3.63, 3.8) is 0 Å². The van der Waals surface area contributed by atoms with Gasteiger partial charge in [-0.2, -0.15) is 11.8 Å². The monoisotopic (exact) mass is 323 g/mol. The van der Waals surface area contributed by atoms with Gasteiger partial charge in [0.05, 0.1) is 13.0 Å². The molecule has 0 aromatic heterocycles. The normalized spacial score (nSPS) is 16.8. The van der Waals surface area contributed by atoms with Crippen molar-refractivity contribution in [1.29, 1.82) is 0 Å². The molecule has 2 rings (SSSR count). The van der Waals surface area contributed by atoms with Gasteiger partial charge in [-0.05, 0) is 49.0 Å². The van der Waals surface area contributed by atoms with Gasteiger partial charge in [-0.1, -0.05) is 12.1 Å². The van der Waals surface area contributed by atoms with Crippen LogP contribution in [0.5, 0.6) is 5.75 Å². The molecular formula is C16H21NO4S. The first kappa shape index (κ1) is 16.7. The topological polar surface area (TPSA) is 75.6 Å². The van der Waals surface area contributed by atoms with Crippen molar-refractivity contribution in [3.05, 3.63) is 29.8 Å². The van der Waals surface area contributed by atoms with Crippen molar-refractivity contribution in [1.82, 2.24) is 5.32 Å². The van der Waals surface area contributed by atoms with Crippen LogP contribution in [0.15, 0.2) is 24.3 Å². The third-order valence-corrected chi connectivity index (χ3v) is 4.72. The molecular weight excluding hydrogens is 302 g/mol. The first-order valence-corrected chi connectivity index (χ1v) is 8.55. The third-order valence-electron chi connectivity index (χ3n) is 3.73. The van der Waals surface area contributed by atoms with E-state index in [9.17, 15) is 14.7 Å². The molecule has 120 valence electrons. The second-order valence-corrected chi connectivity index (χ2v) is 6.53. The van der Waals surface area contributed by atoms with E-state index >= 15 is 0 Å². The minimum atomic E-state index is -1.10. The average Bonchev–Trinajstić information content (AvgIpc) is 2.50. The zero-order valence-corrected chi connectivity index (χ0v) is 13.4. The Morgan fingerprint density at radius 1 is 1.27 bits per heavy atom. The van der Waals surface area contributed by atoms with Crippen molar-refractivity contribution in [2.24, 2.45) is 0 Å². The number of hydrogen-bond acceptors (Lipinski definition) is 4. The summed E-state index contributed by atoms with van der Waals surface area (Å²) in [5.74, 6) is 1.09. The number of ether oxygens (including phenoxy) is 1. The number of nitrogens with one attached hydrogen (secondary N) is 1. The maximum absolute atomic E-state index is 12.2. The summed E-state index contributed by atoms with van der Waals surface area (Å²) in [7, 11) is 0. The molecule has 0 aliphatic carbocycles. The molecule has 0 atom stereocenters. The predicted molar refractivity (Wildman–Crippen MR) is 86.4 cm³/mol. The van der Waals surface area contributed by atoms with Crippen LogP contribution in [0.3, 0.4) is 0 Å². The Bertz CT molecular complexity index is 523. The minimum Gasteiger partial charge on any atom is -0.494 e. The number of aliphatic carboxylic acids is 1. The van der Waals surface area contributed by atoms with Crippen molar-refractivity contribution in [2.75, 3.05) is 18.1 Å². The SMILES string of the molecule is CCOc1ccc(CC(=O)NC2(C(=O)O)CCSCC2)cc1. The Labute approximate surface area is 134 Å². The molecule has 1 fully saturated rings. The van der Waals surface area contributed by atoms with E-state index in [-0.39, 0.29) is 12.3 Å². The number of carboxylic acids is 1. The maximum atomic E-state index is 12.2. The van der Waals surface area contributed by atoms with Crippen LogP contribution in [0, 0.1) is 0 Å². The van der Waals surface area contributed by atoms with Crippen LogP contribution in [-0.2, 0) is 16.0 Å². The second kappa shape index (κ2) is 7.54. The fourth-order valence-corrected chi connectivity index (χ4v) is 3.67. The lowest BCUT2D eigenvalue weighted by Crippen LogP contribution is -2.56. The molecule has 0 unspecified atom stereocenters. The molecule has 1 heterocycles. The van der Waals surface area contributed by atoms with Crippen LogP contribution >= 0.6 is 11.8 Å². The minimum absolute atomic E-state index is 0.175. The number of thioether (sulfide) groups is 1. The van der Waals surface area contributed by atoms with Crippen molar-refractivity contribution in [3.8, 4) is 5.75 Å². The van der Waals surface area contributed by atoms with Gasteiger partial charge in [-0.3, -0.25) is 4.79 Å². The highest BCUT2D eigenvalue weighted by Crippen LogP contribution is 2.27. The maximum Gasteiger partial charge on any atom is 0.329 e. The van der Waals surface area contributed by atoms with Crippen LogP contribution in [0.2, 0.25) is 0 Å². The van der Waals surface area contributed by atoms with Crippen LogP contribution in [0.25, 0.3) is 0 Å². The predicted octanol–water partition coefficient (Wildman–Crippen LogP) is 2.09. The van der Waals surface area contributed by atoms with E-state index < -0.39 is 11.5 Å². The van der Waals surface area contributed by atoms with Gasteiger partial charge in [-0.15, -0.1) is 0 Å². The summed E-state index contributed by atoms with van der Waals surface area (Å²) < 4.78 is 5.35. The molecule has 2 N–H and O–H groups in total. The van der Waals surface area contributed by atoms with E-state index in [1.54, 1.807) is 11.8 Å². The summed E-state index contributed by atoms with van der Waals surface area (Å²) in [6, 6.07) is 7.29. The lowest BCUT2D eigenvalue weighted by Gasteiger charge is -2.33. The summed E-state index contributed by atoms with van der Waals surface area (Å²) in [6.07, 6.45) is 1.12. The number of carbonyl (C=O) groups is 2. The van der Waals surface area contributed by atoms with E-state index in [1.165, 1.54) is 0 Å². The summed E-state index contributed by atoms with van der Waals surface area (Å²) in [6.45, 7) is 2.51. The summed E-state index contributed by atoms with van der Waals surface area (Å²) in [5, 5.41) is 12.2. The fourth-order valence-electron chi connectivity index (χ4n) is 2.48. The first-order valence-electron chi connectivity index (χ1n) is 7.39. The Balaban J connectivity index is 1.97. The Morgan fingerprint density at radius 3 is 2.45 bits per heavy atom. The van der Waals surface area contributed by atoms with Gasteiger partial charge in [0.15, 0.2) is 0 Å². The fraction of sp³-hybridized carbons (Fsp3) is 0.500. The molecule has 1 amide bonds. The Hall–Kier alpha value is -1.69. The highest BCUT2D eigenvalue weighted by molar-refractivity contribution is 7.99. The average molecular weight is 323 g/mol. The van der Waals surface area contributed by atoms with E-state index in [4.69, 9.17) is 4.74 Å². The molecule has 0 radical (unpaired) electrons. The highest BCUT2D eigenvalue weighted by atomic mass is 32.2. The number of carboxylic acid groups (broad SMARTS) is 1.